The van der Waals surface area contributed by atoms with Crippen LogP contribution in [0.1, 0.15) is 15.9 Å². The van der Waals surface area contributed by atoms with E-state index in [0.29, 0.717) is 43.4 Å². The van der Waals surface area contributed by atoms with Crippen LogP contribution in [0.25, 0.3) is 0 Å². The molecule has 1 fully saturated rings. The Morgan fingerprint density at radius 3 is 2.26 bits per heavy atom. The quantitative estimate of drug-likeness (QED) is 0.496. The molecule has 0 spiro atoms. The number of nitrogens with zero attached hydrogens (tertiary/aromatic N) is 6. The number of aromatic nitrogens is 3. The Bertz CT molecular complexity index is 1060. The van der Waals surface area contributed by atoms with Gasteiger partial charge in [-0.2, -0.15) is 0 Å². The topological polar surface area (TPSA) is 117 Å². The molecule has 10 heteroatoms. The Hall–Kier alpha value is -4.08. The van der Waals surface area contributed by atoms with Crippen molar-refractivity contribution in [2.24, 2.45) is 0 Å². The minimum atomic E-state index is -0.480. The number of benzene rings is 1. The summed E-state index contributed by atoms with van der Waals surface area (Å²) in [5.41, 5.74) is 1.49. The van der Waals surface area contributed by atoms with Gasteiger partial charge in [-0.05, 0) is 42.8 Å². The van der Waals surface area contributed by atoms with E-state index >= 15 is 0 Å². The third kappa shape index (κ3) is 4.74. The fourth-order valence-electron chi connectivity index (χ4n) is 3.28. The maximum Gasteiger partial charge on any atom is 0.269 e. The van der Waals surface area contributed by atoms with Crippen LogP contribution in [0.2, 0.25) is 0 Å². The highest BCUT2D eigenvalue weighted by atomic mass is 16.6. The fourth-order valence-corrected chi connectivity index (χ4v) is 3.28. The number of non-ortho nitro benzene ring substituents is 1. The highest BCUT2D eigenvalue weighted by Gasteiger charge is 2.23. The van der Waals surface area contributed by atoms with Gasteiger partial charge < -0.3 is 15.1 Å². The van der Waals surface area contributed by atoms with Crippen LogP contribution in [0, 0.1) is 17.0 Å². The first-order chi connectivity index (χ1) is 15.0. The van der Waals surface area contributed by atoms with Crippen molar-refractivity contribution in [3.8, 4) is 0 Å². The van der Waals surface area contributed by atoms with E-state index in [1.807, 2.05) is 31.2 Å². The standard InChI is InChI=1S/C21H21N7O3/c1-15-2-7-18(22-14-15)23-19-8-9-20(25-24-19)26-10-12-27(13-11-26)21(29)16-3-5-17(6-4-16)28(30)31/h2-9,14H,10-13H2,1H3,(H,22,23,24). The van der Waals surface area contributed by atoms with Crippen molar-refractivity contribution >= 4 is 29.0 Å². The predicted molar refractivity (Wildman–Crippen MR) is 116 cm³/mol. The molecule has 1 aliphatic rings. The Balaban J connectivity index is 1.33. The third-order valence-corrected chi connectivity index (χ3v) is 5.03. The van der Waals surface area contributed by atoms with Gasteiger partial charge in [-0.15, -0.1) is 10.2 Å². The van der Waals surface area contributed by atoms with Gasteiger partial charge >= 0.3 is 0 Å². The van der Waals surface area contributed by atoms with Gasteiger partial charge in [0.15, 0.2) is 11.6 Å². The molecule has 158 valence electrons. The second-order valence-electron chi connectivity index (χ2n) is 7.21. The third-order valence-electron chi connectivity index (χ3n) is 5.03. The predicted octanol–water partition coefficient (Wildman–Crippen LogP) is 2.79. The smallest absolute Gasteiger partial charge is 0.269 e. The lowest BCUT2D eigenvalue weighted by Crippen LogP contribution is -2.49. The van der Waals surface area contributed by atoms with E-state index in [-0.39, 0.29) is 11.6 Å². The molecular weight excluding hydrogens is 398 g/mol. The van der Waals surface area contributed by atoms with Crippen molar-refractivity contribution in [2.75, 3.05) is 36.4 Å². The number of carbonyl (C=O) groups is 1. The molecule has 3 heterocycles. The number of pyridine rings is 1. The first-order valence-electron chi connectivity index (χ1n) is 9.82. The van der Waals surface area contributed by atoms with Crippen molar-refractivity contribution < 1.29 is 9.72 Å². The largest absolute Gasteiger partial charge is 0.352 e. The molecule has 2 aromatic heterocycles. The van der Waals surface area contributed by atoms with Crippen LogP contribution < -0.4 is 10.2 Å². The summed E-state index contributed by atoms with van der Waals surface area (Å²) in [6.07, 6.45) is 1.78. The lowest BCUT2D eigenvalue weighted by Gasteiger charge is -2.35. The van der Waals surface area contributed by atoms with E-state index in [0.717, 1.165) is 11.4 Å². The minimum absolute atomic E-state index is 0.0314. The summed E-state index contributed by atoms with van der Waals surface area (Å²) in [7, 11) is 0. The number of anilines is 3. The van der Waals surface area contributed by atoms with E-state index in [4.69, 9.17) is 0 Å². The maximum atomic E-state index is 12.7. The van der Waals surface area contributed by atoms with Gasteiger partial charge in [-0.3, -0.25) is 14.9 Å². The molecule has 1 aromatic carbocycles. The van der Waals surface area contributed by atoms with Crippen molar-refractivity contribution in [3.63, 3.8) is 0 Å². The van der Waals surface area contributed by atoms with Crippen molar-refractivity contribution in [2.45, 2.75) is 6.92 Å². The van der Waals surface area contributed by atoms with Crippen LogP contribution >= 0.6 is 0 Å². The summed E-state index contributed by atoms with van der Waals surface area (Å²) in [5, 5.41) is 22.4. The molecule has 1 saturated heterocycles. The zero-order chi connectivity index (χ0) is 21.8. The Labute approximate surface area is 178 Å². The summed E-state index contributed by atoms with van der Waals surface area (Å²) in [6.45, 7) is 4.29. The number of rotatable bonds is 5. The van der Waals surface area contributed by atoms with Crippen LogP contribution in [-0.2, 0) is 0 Å². The summed E-state index contributed by atoms with van der Waals surface area (Å²) >= 11 is 0. The van der Waals surface area contributed by atoms with E-state index in [9.17, 15) is 14.9 Å². The van der Waals surface area contributed by atoms with Crippen molar-refractivity contribution in [1.29, 1.82) is 0 Å². The number of carbonyl (C=O) groups excluding carboxylic acids is 1. The molecule has 0 bridgehead atoms. The van der Waals surface area contributed by atoms with Crippen LogP contribution in [0.5, 0.6) is 0 Å². The molecule has 0 saturated carbocycles. The van der Waals surface area contributed by atoms with Crippen molar-refractivity contribution in [3.05, 3.63) is 76.0 Å². The summed E-state index contributed by atoms with van der Waals surface area (Å²) in [4.78, 5) is 31.0. The van der Waals surface area contributed by atoms with E-state index < -0.39 is 4.92 Å². The maximum absolute atomic E-state index is 12.7. The van der Waals surface area contributed by atoms with Gasteiger partial charge in [-0.1, -0.05) is 6.07 Å². The summed E-state index contributed by atoms with van der Waals surface area (Å²) < 4.78 is 0. The van der Waals surface area contributed by atoms with Gasteiger partial charge in [0.25, 0.3) is 11.6 Å². The number of aryl methyl sites for hydroxylation is 1. The first-order valence-corrected chi connectivity index (χ1v) is 9.82. The molecule has 3 aromatic rings. The molecule has 0 aliphatic carbocycles. The molecular formula is C21H21N7O3. The van der Waals surface area contributed by atoms with Crippen LogP contribution in [0.4, 0.5) is 23.1 Å². The van der Waals surface area contributed by atoms with Crippen LogP contribution in [0.3, 0.4) is 0 Å². The average Bonchev–Trinajstić information content (AvgIpc) is 2.81. The number of piperazine rings is 1. The average molecular weight is 419 g/mol. The van der Waals surface area contributed by atoms with E-state index in [1.165, 1.54) is 24.3 Å². The Morgan fingerprint density at radius 2 is 1.68 bits per heavy atom. The van der Waals surface area contributed by atoms with Crippen molar-refractivity contribution in [1.82, 2.24) is 20.1 Å². The number of nitrogens with one attached hydrogen (secondary N) is 1. The molecule has 0 unspecified atom stereocenters. The monoisotopic (exact) mass is 419 g/mol. The molecule has 1 aliphatic heterocycles. The zero-order valence-electron chi connectivity index (χ0n) is 16.9. The molecule has 4 rings (SSSR count). The molecule has 0 atom stereocenters. The zero-order valence-corrected chi connectivity index (χ0v) is 16.9. The number of nitro benzene ring substituents is 1. The Kier molecular flexibility index (Phi) is 5.69. The van der Waals surface area contributed by atoms with Crippen LogP contribution in [0.15, 0.2) is 54.7 Å². The normalized spacial score (nSPS) is 13.7. The molecule has 1 amide bonds. The number of hydrogen-bond acceptors (Lipinski definition) is 8. The lowest BCUT2D eigenvalue weighted by atomic mass is 10.1. The van der Waals surface area contributed by atoms with Crippen LogP contribution in [-0.4, -0.2) is 57.1 Å². The number of nitro groups is 1. The summed E-state index contributed by atoms with van der Waals surface area (Å²) in [6, 6.07) is 13.3. The SMILES string of the molecule is Cc1ccc(Nc2ccc(N3CCN(C(=O)c4ccc([N+](=O)[O-])cc4)CC3)nn2)nc1. The number of amides is 1. The minimum Gasteiger partial charge on any atom is -0.352 e. The van der Waals surface area contributed by atoms with E-state index in [1.54, 1.807) is 11.1 Å². The van der Waals surface area contributed by atoms with Gasteiger partial charge in [-0.25, -0.2) is 4.98 Å². The lowest BCUT2D eigenvalue weighted by molar-refractivity contribution is -0.384. The molecule has 1 N–H and O–H groups in total. The van der Waals surface area contributed by atoms with Gasteiger partial charge in [0, 0.05) is 50.1 Å². The number of hydrogen-bond donors (Lipinski definition) is 1. The van der Waals surface area contributed by atoms with Gasteiger partial charge in [0.05, 0.1) is 4.92 Å². The summed E-state index contributed by atoms with van der Waals surface area (Å²) in [5.74, 6) is 1.91. The molecule has 0 radical (unpaired) electrons. The van der Waals surface area contributed by atoms with Gasteiger partial charge in [0.2, 0.25) is 0 Å². The Morgan fingerprint density at radius 1 is 0.968 bits per heavy atom. The van der Waals surface area contributed by atoms with E-state index in [2.05, 4.69) is 25.4 Å². The highest BCUT2D eigenvalue weighted by Crippen LogP contribution is 2.18. The first kappa shape index (κ1) is 20.2. The van der Waals surface area contributed by atoms with Gasteiger partial charge in [0.1, 0.15) is 5.82 Å². The second kappa shape index (κ2) is 8.74. The second-order valence-corrected chi connectivity index (χ2v) is 7.21. The molecule has 31 heavy (non-hydrogen) atoms. The highest BCUT2D eigenvalue weighted by molar-refractivity contribution is 5.94. The fraction of sp³-hybridized carbons (Fsp3) is 0.238. The molecule has 10 nitrogen and oxygen atoms in total.